The van der Waals surface area contributed by atoms with E-state index in [1.165, 1.54) is 0 Å². The van der Waals surface area contributed by atoms with Gasteiger partial charge in [-0.25, -0.2) is 0 Å². The molecule has 0 aliphatic heterocycles. The van der Waals surface area contributed by atoms with Crippen LogP contribution >= 0.6 is 25.3 Å². The molecule has 0 aliphatic carbocycles. The Kier molecular flexibility index (Phi) is 4.71. The summed E-state index contributed by atoms with van der Waals surface area (Å²) in [6.07, 6.45) is 3.68. The molecule has 5 aromatic heterocycles. The lowest BCUT2D eigenvalue weighted by molar-refractivity contribution is 0.669. The molecule has 194 valence electrons. The smallest absolute Gasteiger partial charge is 0.135 e. The van der Waals surface area contributed by atoms with Crippen molar-refractivity contribution < 1.29 is 4.42 Å². The number of fused-ring (bicyclic) bond motifs is 9. The maximum atomic E-state index is 6.32. The fourth-order valence-corrected chi connectivity index (χ4v) is 6.64. The van der Waals surface area contributed by atoms with Gasteiger partial charge in [0.15, 0.2) is 0 Å². The van der Waals surface area contributed by atoms with Crippen molar-refractivity contribution in [1.29, 1.82) is 0 Å². The van der Waals surface area contributed by atoms with E-state index in [0.717, 1.165) is 87.0 Å². The van der Waals surface area contributed by atoms with Gasteiger partial charge in [-0.2, -0.15) is 0 Å². The third-order valence-electron chi connectivity index (χ3n) is 7.96. The number of hydrogen-bond donors (Lipinski definition) is 2. The van der Waals surface area contributed by atoms with E-state index < -0.39 is 0 Å². The van der Waals surface area contributed by atoms with Crippen molar-refractivity contribution >= 4 is 91.1 Å². The second-order valence-electron chi connectivity index (χ2n) is 10.3. The van der Waals surface area contributed by atoms with Gasteiger partial charge in [0.25, 0.3) is 0 Å². The average molecular weight is 565 g/mol. The van der Waals surface area contributed by atoms with Crippen molar-refractivity contribution in [2.45, 2.75) is 9.79 Å². The van der Waals surface area contributed by atoms with Crippen LogP contribution in [0.3, 0.4) is 0 Å². The summed E-state index contributed by atoms with van der Waals surface area (Å²) in [4.78, 5) is 11.2. The summed E-state index contributed by atoms with van der Waals surface area (Å²) in [5, 5.41) is 4.27. The molecule has 9 aromatic rings. The molecule has 0 bridgehead atoms. The standard InChI is InChI=1S/C34H20N4OS2/c40-21-7-9-27-25(17-21)33-29(3-1-13-35-33)37(27)19-5-11-31-23(15-19)24-16-20(6-12-32(24)39-31)38-28-10-8-22(41)18-26(28)34-30(38)4-2-14-36-34/h1-18,40-41H. The normalized spacial score (nSPS) is 12.1. The van der Waals surface area contributed by atoms with E-state index in [-0.39, 0.29) is 0 Å². The molecular formula is C34H20N4OS2. The number of rotatable bonds is 2. The Morgan fingerprint density at radius 2 is 0.976 bits per heavy atom. The zero-order valence-electron chi connectivity index (χ0n) is 21.5. The van der Waals surface area contributed by atoms with Crippen molar-refractivity contribution in [1.82, 2.24) is 19.1 Å². The summed E-state index contributed by atoms with van der Waals surface area (Å²) in [7, 11) is 0. The summed E-state index contributed by atoms with van der Waals surface area (Å²) in [6.45, 7) is 0. The molecule has 0 fully saturated rings. The van der Waals surface area contributed by atoms with Gasteiger partial charge in [0, 0.05) is 55.1 Å². The Labute approximate surface area is 244 Å². The van der Waals surface area contributed by atoms with Gasteiger partial charge < -0.3 is 13.6 Å². The summed E-state index contributed by atoms with van der Waals surface area (Å²) in [5.41, 5.74) is 10.00. The molecular weight excluding hydrogens is 545 g/mol. The Balaban J connectivity index is 1.31. The third kappa shape index (κ3) is 3.27. The minimum Gasteiger partial charge on any atom is -0.456 e. The lowest BCUT2D eigenvalue weighted by atomic mass is 10.1. The van der Waals surface area contributed by atoms with E-state index in [1.54, 1.807) is 0 Å². The summed E-state index contributed by atoms with van der Waals surface area (Å²) < 4.78 is 10.8. The van der Waals surface area contributed by atoms with Crippen LogP contribution in [-0.4, -0.2) is 19.1 Å². The average Bonchev–Trinajstić information content (AvgIpc) is 3.64. The van der Waals surface area contributed by atoms with E-state index in [9.17, 15) is 0 Å². The van der Waals surface area contributed by atoms with Crippen LogP contribution in [0, 0.1) is 0 Å². The van der Waals surface area contributed by atoms with Crippen molar-refractivity contribution in [3.63, 3.8) is 0 Å². The topological polar surface area (TPSA) is 48.8 Å². The third-order valence-corrected chi connectivity index (χ3v) is 8.52. The van der Waals surface area contributed by atoms with Gasteiger partial charge in [-0.05, 0) is 97.1 Å². The molecule has 0 radical (unpaired) electrons. The molecule has 0 atom stereocenters. The Morgan fingerprint density at radius 1 is 0.488 bits per heavy atom. The molecule has 9 rings (SSSR count). The Bertz CT molecular complexity index is 2350. The van der Waals surface area contributed by atoms with Crippen LogP contribution in [0.2, 0.25) is 0 Å². The Morgan fingerprint density at radius 3 is 1.46 bits per heavy atom. The van der Waals surface area contributed by atoms with Crippen molar-refractivity contribution in [2.75, 3.05) is 0 Å². The highest BCUT2D eigenvalue weighted by Crippen LogP contribution is 2.38. The number of nitrogens with zero attached hydrogens (tertiary/aromatic N) is 4. The molecule has 0 amide bonds. The second-order valence-corrected chi connectivity index (χ2v) is 11.3. The van der Waals surface area contributed by atoms with Crippen LogP contribution in [-0.2, 0) is 0 Å². The number of benzene rings is 4. The number of pyridine rings is 2. The molecule has 0 N–H and O–H groups in total. The summed E-state index contributed by atoms with van der Waals surface area (Å²) >= 11 is 9.18. The zero-order valence-corrected chi connectivity index (χ0v) is 23.3. The molecule has 0 spiro atoms. The van der Waals surface area contributed by atoms with E-state index >= 15 is 0 Å². The lowest BCUT2D eigenvalue weighted by Crippen LogP contribution is -1.94. The number of thiol groups is 2. The number of hydrogen-bond acceptors (Lipinski definition) is 5. The molecule has 5 nitrogen and oxygen atoms in total. The maximum absolute atomic E-state index is 6.32. The van der Waals surface area contributed by atoms with Gasteiger partial charge in [0.05, 0.1) is 33.1 Å². The summed E-state index contributed by atoms with van der Waals surface area (Å²) in [6, 6.07) is 33.4. The van der Waals surface area contributed by atoms with Crippen LogP contribution in [0.15, 0.2) is 124 Å². The zero-order chi connectivity index (χ0) is 27.2. The SMILES string of the molecule is Sc1ccc2c(c1)c1ncccc1n2-c1ccc2oc3ccc(-n4c5ccc(S)cc5c5ncccc54)cc3c2c1. The molecule has 0 aliphatic rings. The molecule has 0 unspecified atom stereocenters. The van der Waals surface area contributed by atoms with Crippen molar-refractivity contribution in [3.8, 4) is 11.4 Å². The van der Waals surface area contributed by atoms with Crippen LogP contribution in [0.1, 0.15) is 0 Å². The first kappa shape index (κ1) is 23.0. The molecule has 0 saturated carbocycles. The predicted octanol–water partition coefficient (Wildman–Crippen LogP) is 9.15. The number of furan rings is 1. The largest absolute Gasteiger partial charge is 0.456 e. The van der Waals surface area contributed by atoms with Gasteiger partial charge in [-0.15, -0.1) is 25.3 Å². The minimum absolute atomic E-state index is 0.848. The van der Waals surface area contributed by atoms with Crippen molar-refractivity contribution in [3.05, 3.63) is 109 Å². The first-order chi connectivity index (χ1) is 20.1. The highest BCUT2D eigenvalue weighted by Gasteiger charge is 2.17. The van der Waals surface area contributed by atoms with Crippen molar-refractivity contribution in [2.24, 2.45) is 0 Å². The fourth-order valence-electron chi connectivity index (χ4n) is 6.23. The van der Waals surface area contributed by atoms with Crippen LogP contribution in [0.25, 0.3) is 77.2 Å². The predicted molar refractivity (Wildman–Crippen MR) is 172 cm³/mol. The van der Waals surface area contributed by atoms with E-state index in [1.807, 2.05) is 36.7 Å². The first-order valence-corrected chi connectivity index (χ1v) is 14.2. The van der Waals surface area contributed by atoms with Gasteiger partial charge >= 0.3 is 0 Å². The monoisotopic (exact) mass is 564 g/mol. The highest BCUT2D eigenvalue weighted by molar-refractivity contribution is 7.80. The molecule has 0 saturated heterocycles. The van der Waals surface area contributed by atoms with Gasteiger partial charge in [0.1, 0.15) is 11.2 Å². The van der Waals surface area contributed by atoms with Gasteiger partial charge in [-0.1, -0.05) is 0 Å². The van der Waals surface area contributed by atoms with E-state index in [4.69, 9.17) is 14.4 Å². The van der Waals surface area contributed by atoms with E-state index in [0.29, 0.717) is 0 Å². The molecule has 7 heteroatoms. The molecule has 4 aromatic carbocycles. The van der Waals surface area contributed by atoms with Crippen LogP contribution in [0.4, 0.5) is 0 Å². The maximum Gasteiger partial charge on any atom is 0.135 e. The molecule has 41 heavy (non-hydrogen) atoms. The summed E-state index contributed by atoms with van der Waals surface area (Å²) in [5.74, 6) is 0. The van der Waals surface area contributed by atoms with E-state index in [2.05, 4.69) is 107 Å². The number of aromatic nitrogens is 4. The highest BCUT2D eigenvalue weighted by atomic mass is 32.1. The van der Waals surface area contributed by atoms with Gasteiger partial charge in [-0.3, -0.25) is 9.97 Å². The fraction of sp³-hybridized carbons (Fsp3) is 0. The van der Waals surface area contributed by atoms with Gasteiger partial charge in [0.2, 0.25) is 0 Å². The molecule has 5 heterocycles. The Hall–Kier alpha value is -4.72. The first-order valence-electron chi connectivity index (χ1n) is 13.3. The van der Waals surface area contributed by atoms with Crippen LogP contribution < -0.4 is 0 Å². The second kappa shape index (κ2) is 8.39. The minimum atomic E-state index is 0.848. The lowest BCUT2D eigenvalue weighted by Gasteiger charge is -2.09. The quantitative estimate of drug-likeness (QED) is 0.206. The van der Waals surface area contributed by atoms with Crippen LogP contribution in [0.5, 0.6) is 0 Å².